The van der Waals surface area contributed by atoms with Gasteiger partial charge in [-0.25, -0.2) is 9.97 Å². The van der Waals surface area contributed by atoms with Gasteiger partial charge in [-0.2, -0.15) is 0 Å². The molecule has 0 radical (unpaired) electrons. The van der Waals surface area contributed by atoms with Crippen LogP contribution in [0, 0.1) is 6.92 Å². The van der Waals surface area contributed by atoms with E-state index in [4.69, 9.17) is 0 Å². The van der Waals surface area contributed by atoms with Crippen molar-refractivity contribution in [1.29, 1.82) is 0 Å². The van der Waals surface area contributed by atoms with Gasteiger partial charge < -0.3 is 5.32 Å². The third-order valence-electron chi connectivity index (χ3n) is 2.95. The minimum atomic E-state index is 0.833. The third kappa shape index (κ3) is 3.13. The quantitative estimate of drug-likeness (QED) is 0.917. The summed E-state index contributed by atoms with van der Waals surface area (Å²) in [7, 11) is 0. The number of hydrogen-bond donors (Lipinski definition) is 1. The van der Waals surface area contributed by atoms with E-state index in [1.165, 1.54) is 0 Å². The Labute approximate surface area is 122 Å². The minimum absolute atomic E-state index is 0.833. The molecule has 4 heteroatoms. The van der Waals surface area contributed by atoms with Crippen LogP contribution in [0.3, 0.4) is 0 Å². The predicted molar refractivity (Wildman–Crippen MR) is 83.4 cm³/mol. The SMILES string of the molecule is CCNc1nc(CC)nc(-c2cccc(Br)c2)c1C. The van der Waals surface area contributed by atoms with Crippen molar-refractivity contribution in [3.8, 4) is 11.3 Å². The fourth-order valence-electron chi connectivity index (χ4n) is 1.98. The highest BCUT2D eigenvalue weighted by Crippen LogP contribution is 2.27. The smallest absolute Gasteiger partial charge is 0.133 e. The van der Waals surface area contributed by atoms with Gasteiger partial charge in [0.1, 0.15) is 11.6 Å². The Kier molecular flexibility index (Phi) is 4.53. The van der Waals surface area contributed by atoms with E-state index in [0.29, 0.717) is 0 Å². The van der Waals surface area contributed by atoms with Crippen LogP contribution < -0.4 is 5.32 Å². The molecule has 0 aliphatic rings. The van der Waals surface area contributed by atoms with Gasteiger partial charge in [-0.15, -0.1) is 0 Å². The number of hydrogen-bond acceptors (Lipinski definition) is 3. The van der Waals surface area contributed by atoms with E-state index in [0.717, 1.165) is 45.9 Å². The van der Waals surface area contributed by atoms with Crippen molar-refractivity contribution in [3.05, 3.63) is 40.1 Å². The lowest BCUT2D eigenvalue weighted by molar-refractivity contribution is 0.930. The lowest BCUT2D eigenvalue weighted by atomic mass is 10.1. The van der Waals surface area contributed by atoms with Crippen LogP contribution in [0.1, 0.15) is 25.2 Å². The zero-order valence-electron chi connectivity index (χ0n) is 11.5. The second-order valence-electron chi connectivity index (χ2n) is 4.36. The van der Waals surface area contributed by atoms with Crippen LogP contribution in [0.25, 0.3) is 11.3 Å². The fraction of sp³-hybridized carbons (Fsp3) is 0.333. The molecule has 0 bridgehead atoms. The normalized spacial score (nSPS) is 10.5. The molecule has 0 atom stereocenters. The monoisotopic (exact) mass is 319 g/mol. The number of nitrogens with zero attached hydrogens (tertiary/aromatic N) is 2. The Hall–Kier alpha value is -1.42. The summed E-state index contributed by atoms with van der Waals surface area (Å²) in [5, 5.41) is 3.31. The molecule has 1 N–H and O–H groups in total. The number of aryl methyl sites for hydroxylation is 1. The highest BCUT2D eigenvalue weighted by molar-refractivity contribution is 9.10. The second kappa shape index (κ2) is 6.15. The molecule has 1 heterocycles. The summed E-state index contributed by atoms with van der Waals surface area (Å²) in [5.41, 5.74) is 3.21. The van der Waals surface area contributed by atoms with E-state index in [1.54, 1.807) is 0 Å². The molecule has 1 aromatic heterocycles. The lowest BCUT2D eigenvalue weighted by Crippen LogP contribution is -2.07. The van der Waals surface area contributed by atoms with Crippen molar-refractivity contribution in [3.63, 3.8) is 0 Å². The molecule has 100 valence electrons. The maximum Gasteiger partial charge on any atom is 0.133 e. The minimum Gasteiger partial charge on any atom is -0.370 e. The maximum atomic E-state index is 4.67. The molecule has 0 spiro atoms. The van der Waals surface area contributed by atoms with Crippen LogP contribution >= 0.6 is 15.9 Å². The molecular formula is C15H18BrN3. The first-order valence-electron chi connectivity index (χ1n) is 6.53. The average molecular weight is 320 g/mol. The first-order chi connectivity index (χ1) is 9.15. The summed E-state index contributed by atoms with van der Waals surface area (Å²) in [5.74, 6) is 1.81. The standard InChI is InChI=1S/C15H18BrN3/c1-4-13-18-14(10(3)15(19-13)17-5-2)11-7-6-8-12(16)9-11/h6-9H,4-5H2,1-3H3,(H,17,18,19). The van der Waals surface area contributed by atoms with Crippen molar-refractivity contribution < 1.29 is 0 Å². The lowest BCUT2D eigenvalue weighted by Gasteiger charge is -2.13. The summed E-state index contributed by atoms with van der Waals surface area (Å²) in [6, 6.07) is 8.21. The second-order valence-corrected chi connectivity index (χ2v) is 5.27. The van der Waals surface area contributed by atoms with E-state index >= 15 is 0 Å². The zero-order valence-corrected chi connectivity index (χ0v) is 13.1. The van der Waals surface area contributed by atoms with E-state index in [-0.39, 0.29) is 0 Å². The molecule has 0 unspecified atom stereocenters. The van der Waals surface area contributed by atoms with Crippen LogP contribution in [-0.4, -0.2) is 16.5 Å². The number of anilines is 1. The van der Waals surface area contributed by atoms with Crippen molar-refractivity contribution in [2.75, 3.05) is 11.9 Å². The molecule has 0 fully saturated rings. The molecule has 3 nitrogen and oxygen atoms in total. The van der Waals surface area contributed by atoms with Crippen molar-refractivity contribution in [2.24, 2.45) is 0 Å². The zero-order chi connectivity index (χ0) is 13.8. The van der Waals surface area contributed by atoms with Crippen molar-refractivity contribution >= 4 is 21.7 Å². The Balaban J connectivity index is 2.58. The van der Waals surface area contributed by atoms with Gasteiger partial charge >= 0.3 is 0 Å². The Morgan fingerprint density at radius 3 is 2.63 bits per heavy atom. The van der Waals surface area contributed by atoms with Gasteiger partial charge in [0.2, 0.25) is 0 Å². The van der Waals surface area contributed by atoms with Crippen LogP contribution in [0.2, 0.25) is 0 Å². The third-order valence-corrected chi connectivity index (χ3v) is 3.44. The van der Waals surface area contributed by atoms with Crippen molar-refractivity contribution in [2.45, 2.75) is 27.2 Å². The van der Waals surface area contributed by atoms with E-state index in [2.05, 4.69) is 64.1 Å². The Bertz CT molecular complexity index is 582. The maximum absolute atomic E-state index is 4.67. The number of aromatic nitrogens is 2. The first kappa shape index (κ1) is 14.0. The number of nitrogens with one attached hydrogen (secondary N) is 1. The predicted octanol–water partition coefficient (Wildman–Crippen LogP) is 4.21. The molecular weight excluding hydrogens is 302 g/mol. The Morgan fingerprint density at radius 1 is 1.21 bits per heavy atom. The van der Waals surface area contributed by atoms with Crippen LogP contribution in [0.4, 0.5) is 5.82 Å². The molecule has 2 aromatic rings. The van der Waals surface area contributed by atoms with Crippen LogP contribution in [0.15, 0.2) is 28.7 Å². The highest BCUT2D eigenvalue weighted by atomic mass is 79.9. The molecule has 1 aromatic carbocycles. The van der Waals surface area contributed by atoms with E-state index < -0.39 is 0 Å². The highest BCUT2D eigenvalue weighted by Gasteiger charge is 2.11. The van der Waals surface area contributed by atoms with Gasteiger partial charge in [-0.05, 0) is 26.0 Å². The van der Waals surface area contributed by atoms with Gasteiger partial charge in [0.25, 0.3) is 0 Å². The topological polar surface area (TPSA) is 37.8 Å². The van der Waals surface area contributed by atoms with Gasteiger partial charge in [-0.3, -0.25) is 0 Å². The number of benzene rings is 1. The van der Waals surface area contributed by atoms with Crippen LogP contribution in [0.5, 0.6) is 0 Å². The number of rotatable bonds is 4. The van der Waals surface area contributed by atoms with E-state index in [9.17, 15) is 0 Å². The number of halogens is 1. The summed E-state index contributed by atoms with van der Waals surface area (Å²) in [6.45, 7) is 7.07. The van der Waals surface area contributed by atoms with Gasteiger partial charge in [0.05, 0.1) is 5.69 Å². The molecule has 0 aliphatic carbocycles. The summed E-state index contributed by atoms with van der Waals surface area (Å²) < 4.78 is 1.06. The largest absolute Gasteiger partial charge is 0.370 e. The summed E-state index contributed by atoms with van der Waals surface area (Å²) in [4.78, 5) is 9.23. The molecule has 0 saturated carbocycles. The fourth-order valence-corrected chi connectivity index (χ4v) is 2.38. The summed E-state index contributed by atoms with van der Waals surface area (Å²) >= 11 is 3.51. The van der Waals surface area contributed by atoms with Crippen molar-refractivity contribution in [1.82, 2.24) is 9.97 Å². The van der Waals surface area contributed by atoms with Gasteiger partial charge in [-0.1, -0.05) is 35.0 Å². The average Bonchev–Trinajstić information content (AvgIpc) is 2.41. The van der Waals surface area contributed by atoms with Crippen LogP contribution in [-0.2, 0) is 6.42 Å². The molecule has 2 rings (SSSR count). The van der Waals surface area contributed by atoms with Gasteiger partial charge in [0.15, 0.2) is 0 Å². The molecule has 0 amide bonds. The van der Waals surface area contributed by atoms with Gasteiger partial charge in [0, 0.05) is 28.6 Å². The first-order valence-corrected chi connectivity index (χ1v) is 7.32. The molecule has 19 heavy (non-hydrogen) atoms. The van der Waals surface area contributed by atoms with E-state index in [1.807, 2.05) is 12.1 Å². The Morgan fingerprint density at radius 2 is 2.00 bits per heavy atom. The summed E-state index contributed by atoms with van der Waals surface area (Å²) in [6.07, 6.45) is 0.833. The molecule has 0 aliphatic heterocycles. The molecule has 0 saturated heterocycles.